The molecule has 0 amide bonds. The lowest BCUT2D eigenvalue weighted by Gasteiger charge is -2.27. The molecule has 0 aliphatic rings. The van der Waals surface area contributed by atoms with E-state index in [-0.39, 0.29) is 0 Å². The summed E-state index contributed by atoms with van der Waals surface area (Å²) in [5.41, 5.74) is 1.36. The number of hydrogen-bond donors (Lipinski definition) is 0. The number of nitrogens with zero attached hydrogens (tertiary/aromatic N) is 2. The van der Waals surface area contributed by atoms with Gasteiger partial charge in [-0.15, -0.1) is 0 Å². The SMILES string of the molecule is CCCCN([O-])CCCCCCC=CCCCCCCc1cccnc1. The van der Waals surface area contributed by atoms with E-state index < -0.39 is 0 Å². The zero-order chi connectivity index (χ0) is 18.7. The van der Waals surface area contributed by atoms with Gasteiger partial charge in [-0.05, 0) is 76.1 Å². The van der Waals surface area contributed by atoms with E-state index in [2.05, 4.69) is 30.1 Å². The summed E-state index contributed by atoms with van der Waals surface area (Å²) in [6.45, 7) is 3.56. The Hall–Kier alpha value is -1.19. The smallest absolute Gasteiger partial charge is 0.0299 e. The summed E-state index contributed by atoms with van der Waals surface area (Å²) in [5.74, 6) is 0. The largest absolute Gasteiger partial charge is 0.785 e. The minimum Gasteiger partial charge on any atom is -0.785 e. The summed E-state index contributed by atoms with van der Waals surface area (Å²) in [6, 6.07) is 4.19. The van der Waals surface area contributed by atoms with Crippen LogP contribution in [0.25, 0.3) is 0 Å². The molecule has 0 spiro atoms. The van der Waals surface area contributed by atoms with Crippen molar-refractivity contribution in [3.8, 4) is 0 Å². The molecule has 0 N–H and O–H groups in total. The molecule has 0 saturated carbocycles. The fraction of sp³-hybridized carbons (Fsp3) is 0.696. The normalized spacial score (nSPS) is 11.7. The van der Waals surface area contributed by atoms with E-state index in [9.17, 15) is 5.21 Å². The van der Waals surface area contributed by atoms with Crippen LogP contribution in [0.1, 0.15) is 89.5 Å². The zero-order valence-electron chi connectivity index (χ0n) is 16.9. The summed E-state index contributed by atoms with van der Waals surface area (Å²) < 4.78 is 0. The zero-order valence-corrected chi connectivity index (χ0v) is 16.9. The van der Waals surface area contributed by atoms with Gasteiger partial charge in [-0.3, -0.25) is 4.98 Å². The maximum atomic E-state index is 11.5. The number of allylic oxidation sites excluding steroid dienone is 2. The van der Waals surface area contributed by atoms with Crippen LogP contribution in [0.2, 0.25) is 0 Å². The van der Waals surface area contributed by atoms with Gasteiger partial charge in [-0.1, -0.05) is 57.2 Å². The highest BCUT2D eigenvalue weighted by atomic mass is 16.5. The van der Waals surface area contributed by atoms with Crippen molar-refractivity contribution >= 4 is 0 Å². The molecule has 0 aromatic carbocycles. The molecule has 1 aromatic heterocycles. The molecular formula is C23H39N2O-. The molecule has 1 heterocycles. The van der Waals surface area contributed by atoms with Crippen molar-refractivity contribution in [3.63, 3.8) is 0 Å². The molecule has 0 atom stereocenters. The molecule has 3 nitrogen and oxygen atoms in total. The Labute approximate surface area is 161 Å². The summed E-state index contributed by atoms with van der Waals surface area (Å²) in [4.78, 5) is 4.16. The van der Waals surface area contributed by atoms with Gasteiger partial charge in [0.05, 0.1) is 0 Å². The second-order valence-electron chi connectivity index (χ2n) is 7.27. The van der Waals surface area contributed by atoms with Crippen LogP contribution >= 0.6 is 0 Å². The van der Waals surface area contributed by atoms with E-state index in [4.69, 9.17) is 0 Å². The molecule has 1 aromatic rings. The van der Waals surface area contributed by atoms with Crippen molar-refractivity contribution in [1.29, 1.82) is 0 Å². The van der Waals surface area contributed by atoms with E-state index in [0.29, 0.717) is 6.54 Å². The highest BCUT2D eigenvalue weighted by Gasteiger charge is 1.94. The van der Waals surface area contributed by atoms with Gasteiger partial charge in [0, 0.05) is 12.4 Å². The standard InChI is InChI=1S/C23H39N2O/c1-2-3-20-25(26)21-15-13-11-9-7-5-4-6-8-10-12-14-17-23-18-16-19-24-22-23/h4-5,16,18-19,22H,2-3,6-15,17,20-21H2,1H3/q-1. The molecule has 26 heavy (non-hydrogen) atoms. The van der Waals surface area contributed by atoms with Gasteiger partial charge in [-0.2, -0.15) is 0 Å². The summed E-state index contributed by atoms with van der Waals surface area (Å²) in [6.07, 6.45) is 24.2. The highest BCUT2D eigenvalue weighted by Crippen LogP contribution is 2.09. The van der Waals surface area contributed by atoms with Gasteiger partial charge in [0.2, 0.25) is 0 Å². The van der Waals surface area contributed by atoms with Crippen molar-refractivity contribution < 1.29 is 0 Å². The number of pyridine rings is 1. The predicted octanol–water partition coefficient (Wildman–Crippen LogP) is 6.68. The average Bonchev–Trinajstić information content (AvgIpc) is 2.67. The maximum Gasteiger partial charge on any atom is 0.0299 e. The van der Waals surface area contributed by atoms with Crippen LogP contribution in [-0.4, -0.2) is 23.1 Å². The third-order valence-electron chi connectivity index (χ3n) is 4.77. The average molecular weight is 360 g/mol. The fourth-order valence-corrected chi connectivity index (χ4v) is 3.08. The van der Waals surface area contributed by atoms with Crippen LogP contribution in [0, 0.1) is 5.21 Å². The van der Waals surface area contributed by atoms with Crippen molar-refractivity contribution in [2.75, 3.05) is 13.1 Å². The van der Waals surface area contributed by atoms with Crippen molar-refractivity contribution in [3.05, 3.63) is 47.4 Å². The Bertz CT molecular complexity index is 433. The van der Waals surface area contributed by atoms with Gasteiger partial charge in [0.1, 0.15) is 0 Å². The van der Waals surface area contributed by atoms with E-state index in [1.54, 1.807) is 0 Å². The second-order valence-corrected chi connectivity index (χ2v) is 7.27. The van der Waals surface area contributed by atoms with Crippen LogP contribution in [0.15, 0.2) is 36.7 Å². The minimum atomic E-state index is 0.711. The molecule has 0 fully saturated rings. The predicted molar refractivity (Wildman–Crippen MR) is 113 cm³/mol. The Balaban J connectivity index is 1.79. The first-order valence-electron chi connectivity index (χ1n) is 10.8. The molecule has 0 radical (unpaired) electrons. The Morgan fingerprint density at radius 1 is 0.885 bits per heavy atom. The van der Waals surface area contributed by atoms with E-state index in [0.717, 1.165) is 32.2 Å². The summed E-state index contributed by atoms with van der Waals surface area (Å²) >= 11 is 0. The highest BCUT2D eigenvalue weighted by molar-refractivity contribution is 5.08. The number of hydroxylamine groups is 2. The van der Waals surface area contributed by atoms with E-state index >= 15 is 0 Å². The first-order chi connectivity index (χ1) is 12.8. The third kappa shape index (κ3) is 14.0. The molecule has 0 bridgehead atoms. The minimum absolute atomic E-state index is 0.711. The number of hydrogen-bond acceptors (Lipinski definition) is 3. The molecular weight excluding hydrogens is 320 g/mol. The van der Waals surface area contributed by atoms with Crippen LogP contribution in [0.4, 0.5) is 0 Å². The number of rotatable bonds is 17. The van der Waals surface area contributed by atoms with Gasteiger partial charge < -0.3 is 10.3 Å². The number of aromatic nitrogens is 1. The first kappa shape index (κ1) is 22.9. The monoisotopic (exact) mass is 359 g/mol. The Morgan fingerprint density at radius 3 is 2.19 bits per heavy atom. The summed E-state index contributed by atoms with van der Waals surface area (Å²) in [7, 11) is 0. The molecule has 0 saturated heterocycles. The number of aryl methyl sites for hydroxylation is 1. The maximum absolute atomic E-state index is 11.5. The van der Waals surface area contributed by atoms with Crippen LogP contribution in [0.5, 0.6) is 0 Å². The van der Waals surface area contributed by atoms with Gasteiger partial charge >= 0.3 is 0 Å². The first-order valence-corrected chi connectivity index (χ1v) is 10.8. The van der Waals surface area contributed by atoms with Crippen LogP contribution < -0.4 is 0 Å². The van der Waals surface area contributed by atoms with Crippen molar-refractivity contribution in [1.82, 2.24) is 10.0 Å². The van der Waals surface area contributed by atoms with Gasteiger partial charge in [0.15, 0.2) is 0 Å². The lowest BCUT2D eigenvalue weighted by molar-refractivity contribution is 0.356. The van der Waals surface area contributed by atoms with Crippen LogP contribution in [0.3, 0.4) is 0 Å². The second kappa shape index (κ2) is 17.2. The van der Waals surface area contributed by atoms with E-state index in [1.165, 1.54) is 68.4 Å². The van der Waals surface area contributed by atoms with Crippen molar-refractivity contribution in [2.24, 2.45) is 0 Å². The molecule has 148 valence electrons. The lowest BCUT2D eigenvalue weighted by atomic mass is 10.1. The molecule has 0 aliphatic heterocycles. The quantitative estimate of drug-likeness (QED) is 0.177. The van der Waals surface area contributed by atoms with Gasteiger partial charge in [-0.25, -0.2) is 0 Å². The summed E-state index contributed by atoms with van der Waals surface area (Å²) in [5, 5.41) is 12.7. The van der Waals surface area contributed by atoms with Gasteiger partial charge in [0.25, 0.3) is 0 Å². The van der Waals surface area contributed by atoms with E-state index in [1.807, 2.05) is 18.5 Å². The Kier molecular flexibility index (Phi) is 15.1. The third-order valence-corrected chi connectivity index (χ3v) is 4.77. The lowest BCUT2D eigenvalue weighted by Crippen LogP contribution is -2.18. The molecule has 0 unspecified atom stereocenters. The van der Waals surface area contributed by atoms with Crippen molar-refractivity contribution in [2.45, 2.75) is 90.4 Å². The Morgan fingerprint density at radius 2 is 1.54 bits per heavy atom. The molecule has 0 aliphatic carbocycles. The number of unbranched alkanes of at least 4 members (excludes halogenated alkanes) is 9. The molecule has 1 rings (SSSR count). The topological polar surface area (TPSA) is 39.2 Å². The van der Waals surface area contributed by atoms with Crippen LogP contribution in [-0.2, 0) is 6.42 Å². The fourth-order valence-electron chi connectivity index (χ4n) is 3.08. The molecule has 3 heteroatoms.